The topological polar surface area (TPSA) is 40.7 Å². The Labute approximate surface area is 162 Å². The predicted molar refractivity (Wildman–Crippen MR) is 109 cm³/mol. The van der Waals surface area contributed by atoms with Crippen LogP contribution in [0.3, 0.4) is 0 Å². The van der Waals surface area contributed by atoms with E-state index in [0.717, 1.165) is 52.2 Å². The number of aromatic nitrogens is 1. The minimum Gasteiger partial charge on any atom is -0.385 e. The fraction of sp³-hybridized carbons (Fsp3) is 0.636. The van der Waals surface area contributed by atoms with Gasteiger partial charge in [0.2, 0.25) is 0 Å². The van der Waals surface area contributed by atoms with Gasteiger partial charge in [0, 0.05) is 63.1 Å². The van der Waals surface area contributed by atoms with Crippen molar-refractivity contribution in [3.63, 3.8) is 0 Å². The Morgan fingerprint density at radius 3 is 2.78 bits per heavy atom. The van der Waals surface area contributed by atoms with E-state index in [-0.39, 0.29) is 0 Å². The molecular weight excluding hydrogens is 338 g/mol. The first-order valence-electron chi connectivity index (χ1n) is 10.5. The van der Waals surface area contributed by atoms with E-state index in [1.54, 1.807) is 7.11 Å². The zero-order valence-electron chi connectivity index (χ0n) is 16.6. The fourth-order valence-electron chi connectivity index (χ4n) is 4.40. The Balaban J connectivity index is 1.30. The van der Waals surface area contributed by atoms with Crippen molar-refractivity contribution in [3.05, 3.63) is 35.5 Å². The lowest BCUT2D eigenvalue weighted by Gasteiger charge is -2.16. The highest BCUT2D eigenvalue weighted by Crippen LogP contribution is 2.22. The van der Waals surface area contributed by atoms with E-state index in [1.807, 2.05) is 0 Å². The van der Waals surface area contributed by atoms with Gasteiger partial charge in [-0.15, -0.1) is 0 Å². The summed E-state index contributed by atoms with van der Waals surface area (Å²) in [7, 11) is 1.74. The number of fused-ring (bicyclic) bond motifs is 1. The van der Waals surface area contributed by atoms with Crippen LogP contribution in [0.5, 0.6) is 0 Å². The van der Waals surface area contributed by atoms with Gasteiger partial charge in [0.25, 0.3) is 0 Å². The van der Waals surface area contributed by atoms with Crippen LogP contribution in [0.15, 0.2) is 24.3 Å². The van der Waals surface area contributed by atoms with Crippen molar-refractivity contribution in [2.75, 3.05) is 46.5 Å². The lowest BCUT2D eigenvalue weighted by atomic mass is 10.1. The summed E-state index contributed by atoms with van der Waals surface area (Å²) in [4.78, 5) is 8.66. The summed E-state index contributed by atoms with van der Waals surface area (Å²) in [5.74, 6) is 0. The van der Waals surface area contributed by atoms with Crippen LogP contribution in [-0.4, -0.2) is 67.4 Å². The summed E-state index contributed by atoms with van der Waals surface area (Å²) < 4.78 is 11.1. The van der Waals surface area contributed by atoms with Crippen LogP contribution in [0.1, 0.15) is 36.9 Å². The Morgan fingerprint density at radius 1 is 1.04 bits per heavy atom. The molecule has 0 radical (unpaired) electrons. The first-order valence-corrected chi connectivity index (χ1v) is 10.5. The van der Waals surface area contributed by atoms with E-state index < -0.39 is 0 Å². The average Bonchev–Trinajstić information content (AvgIpc) is 3.40. The molecule has 1 atom stereocenters. The van der Waals surface area contributed by atoms with Gasteiger partial charge in [-0.3, -0.25) is 9.80 Å². The van der Waals surface area contributed by atoms with Crippen LogP contribution in [0.4, 0.5) is 0 Å². The second kappa shape index (κ2) is 9.20. The maximum atomic E-state index is 5.98. The van der Waals surface area contributed by atoms with Crippen LogP contribution < -0.4 is 0 Å². The van der Waals surface area contributed by atoms with Crippen molar-refractivity contribution in [1.29, 1.82) is 0 Å². The molecule has 0 saturated carbocycles. The maximum Gasteiger partial charge on any atom is 0.0714 e. The van der Waals surface area contributed by atoms with Crippen LogP contribution in [-0.2, 0) is 22.6 Å². The molecule has 1 N–H and O–H groups in total. The molecule has 5 nitrogen and oxygen atoms in total. The molecular formula is C22H33N3O2. The van der Waals surface area contributed by atoms with Crippen LogP contribution >= 0.6 is 0 Å². The number of hydrogen-bond acceptors (Lipinski definition) is 4. The number of aromatic amines is 1. The Hall–Kier alpha value is -1.40. The molecule has 2 aliphatic heterocycles. The number of hydrogen-bond donors (Lipinski definition) is 1. The zero-order valence-corrected chi connectivity index (χ0v) is 16.6. The van der Waals surface area contributed by atoms with E-state index in [1.165, 1.54) is 48.1 Å². The van der Waals surface area contributed by atoms with E-state index in [2.05, 4.69) is 39.0 Å². The van der Waals surface area contributed by atoms with Gasteiger partial charge < -0.3 is 14.5 Å². The van der Waals surface area contributed by atoms with Gasteiger partial charge in [-0.1, -0.05) is 6.07 Å². The minimum absolute atomic E-state index is 0.380. The minimum atomic E-state index is 0.380. The number of ether oxygens (including phenoxy) is 2. The highest BCUT2D eigenvalue weighted by atomic mass is 16.5. The van der Waals surface area contributed by atoms with Gasteiger partial charge in [0.15, 0.2) is 0 Å². The summed E-state index contributed by atoms with van der Waals surface area (Å²) in [5.41, 5.74) is 4.00. The van der Waals surface area contributed by atoms with Crippen LogP contribution in [0, 0.1) is 0 Å². The van der Waals surface area contributed by atoms with E-state index in [0.29, 0.717) is 6.10 Å². The first-order chi connectivity index (χ1) is 13.3. The largest absolute Gasteiger partial charge is 0.385 e. The van der Waals surface area contributed by atoms with Crippen LogP contribution in [0.2, 0.25) is 0 Å². The molecule has 3 heterocycles. The highest BCUT2D eigenvalue weighted by Gasteiger charge is 2.23. The Bertz CT molecular complexity index is 723. The molecule has 1 aromatic carbocycles. The third-order valence-corrected chi connectivity index (χ3v) is 5.82. The van der Waals surface area contributed by atoms with Crippen molar-refractivity contribution >= 4 is 10.9 Å². The van der Waals surface area contributed by atoms with E-state index in [9.17, 15) is 0 Å². The summed E-state index contributed by atoms with van der Waals surface area (Å²) in [6, 6.07) is 9.20. The number of nitrogens with one attached hydrogen (secondary N) is 1. The molecule has 2 saturated heterocycles. The lowest BCUT2D eigenvalue weighted by molar-refractivity contribution is 0.0444. The number of rotatable bonds is 9. The smallest absolute Gasteiger partial charge is 0.0714 e. The Kier molecular flexibility index (Phi) is 6.45. The normalized spacial score (nSPS) is 21.6. The van der Waals surface area contributed by atoms with Gasteiger partial charge in [0.05, 0.1) is 6.10 Å². The van der Waals surface area contributed by atoms with Gasteiger partial charge >= 0.3 is 0 Å². The summed E-state index contributed by atoms with van der Waals surface area (Å²) in [6.45, 7) is 8.31. The Morgan fingerprint density at radius 2 is 1.93 bits per heavy atom. The van der Waals surface area contributed by atoms with Crippen molar-refractivity contribution in [1.82, 2.24) is 14.8 Å². The van der Waals surface area contributed by atoms with Crippen LogP contribution in [0.25, 0.3) is 10.9 Å². The number of likely N-dealkylation sites (tertiary alicyclic amines) is 2. The number of H-pyrrole nitrogens is 1. The molecule has 0 aliphatic carbocycles. The monoisotopic (exact) mass is 371 g/mol. The molecule has 27 heavy (non-hydrogen) atoms. The zero-order chi connectivity index (χ0) is 18.5. The quantitative estimate of drug-likeness (QED) is 0.686. The summed E-state index contributed by atoms with van der Waals surface area (Å²) in [6.07, 6.45) is 5.19. The molecule has 0 amide bonds. The van der Waals surface area contributed by atoms with Crippen molar-refractivity contribution in [2.24, 2.45) is 0 Å². The second-order valence-corrected chi connectivity index (χ2v) is 8.06. The first kappa shape index (κ1) is 18.9. The average molecular weight is 372 g/mol. The van der Waals surface area contributed by atoms with Crippen molar-refractivity contribution in [3.8, 4) is 0 Å². The highest BCUT2D eigenvalue weighted by molar-refractivity contribution is 5.81. The van der Waals surface area contributed by atoms with Gasteiger partial charge in [-0.05, 0) is 62.5 Å². The number of nitrogens with zero attached hydrogens (tertiary/aromatic N) is 2. The molecule has 0 spiro atoms. The van der Waals surface area contributed by atoms with Crippen molar-refractivity contribution < 1.29 is 9.47 Å². The molecule has 2 fully saturated rings. The molecule has 148 valence electrons. The lowest BCUT2D eigenvalue weighted by Crippen LogP contribution is -2.23. The third kappa shape index (κ3) is 5.11. The molecule has 5 heteroatoms. The molecule has 4 rings (SSSR count). The van der Waals surface area contributed by atoms with Gasteiger partial charge in [0.1, 0.15) is 0 Å². The maximum absolute atomic E-state index is 5.98. The second-order valence-electron chi connectivity index (χ2n) is 8.06. The van der Waals surface area contributed by atoms with E-state index >= 15 is 0 Å². The molecule has 1 aromatic heterocycles. The summed E-state index contributed by atoms with van der Waals surface area (Å²) >= 11 is 0. The number of methoxy groups -OCH3 is 1. The summed E-state index contributed by atoms with van der Waals surface area (Å²) in [5, 5.41) is 1.34. The standard InChI is InChI=1S/C22H33N3O2/c1-26-11-4-12-27-21-7-10-25(17-21)15-18-5-6-22-19(13-18)14-20(23-22)16-24-8-2-3-9-24/h5-6,13-14,21,23H,2-4,7-12,15-17H2,1H3. The van der Waals surface area contributed by atoms with Gasteiger partial charge in [-0.25, -0.2) is 0 Å². The predicted octanol–water partition coefficient (Wildman–Crippen LogP) is 3.39. The third-order valence-electron chi connectivity index (χ3n) is 5.82. The van der Waals surface area contributed by atoms with E-state index in [4.69, 9.17) is 9.47 Å². The number of benzene rings is 1. The van der Waals surface area contributed by atoms with Crippen molar-refractivity contribution in [2.45, 2.75) is 44.9 Å². The fourth-order valence-corrected chi connectivity index (χ4v) is 4.40. The molecule has 0 bridgehead atoms. The van der Waals surface area contributed by atoms with Gasteiger partial charge in [-0.2, -0.15) is 0 Å². The molecule has 1 unspecified atom stereocenters. The SMILES string of the molecule is COCCCOC1CCN(Cc2ccc3[nH]c(CN4CCCC4)cc3c2)C1. The molecule has 2 aliphatic rings. The molecule has 2 aromatic rings.